The molecule has 368 valence electrons. The molecule has 0 radical (unpaired) electrons. The van der Waals surface area contributed by atoms with Gasteiger partial charge >= 0.3 is 0 Å². The van der Waals surface area contributed by atoms with Gasteiger partial charge in [-0.3, -0.25) is 33.8 Å². The van der Waals surface area contributed by atoms with Crippen molar-refractivity contribution in [1.29, 1.82) is 0 Å². The number of thiol groups is 2. The highest BCUT2D eigenvalue weighted by molar-refractivity contribution is 7.89. The van der Waals surface area contributed by atoms with Crippen molar-refractivity contribution in [2.24, 2.45) is 22.2 Å². The van der Waals surface area contributed by atoms with Gasteiger partial charge in [-0.15, -0.1) is 0 Å². The third-order valence-electron chi connectivity index (χ3n) is 10.8. The number of sulfonamides is 1. The van der Waals surface area contributed by atoms with Crippen molar-refractivity contribution in [2.45, 2.75) is 79.7 Å². The minimum atomic E-state index is -4.19. The summed E-state index contributed by atoms with van der Waals surface area (Å²) >= 11 is 8.38. The van der Waals surface area contributed by atoms with E-state index in [1.165, 1.54) is 36.8 Å². The molecular weight excluding hydrogens is 947 g/mol. The van der Waals surface area contributed by atoms with Crippen LogP contribution in [0.2, 0.25) is 0 Å². The first-order valence-electron chi connectivity index (χ1n) is 21.8. The van der Waals surface area contributed by atoms with Crippen molar-refractivity contribution in [2.75, 3.05) is 18.1 Å². The van der Waals surface area contributed by atoms with Gasteiger partial charge in [0.1, 0.15) is 36.3 Å². The molecule has 6 amide bonds. The predicted molar refractivity (Wildman–Crippen MR) is 266 cm³/mol. The molecule has 0 fully saturated rings. The number of rotatable bonds is 27. The molecule has 21 nitrogen and oxygen atoms in total. The number of carbonyl (C=O) groups is 6. The summed E-state index contributed by atoms with van der Waals surface area (Å²) < 4.78 is 29.0. The van der Waals surface area contributed by atoms with Crippen LogP contribution in [0.4, 0.5) is 0 Å². The number of hydrogen-bond acceptors (Lipinski definition) is 12. The minimum absolute atomic E-state index is 0.0453. The topological polar surface area (TPSA) is 344 Å². The van der Waals surface area contributed by atoms with E-state index in [2.05, 4.69) is 76.5 Å². The van der Waals surface area contributed by atoms with Gasteiger partial charge in [0, 0.05) is 60.6 Å². The van der Waals surface area contributed by atoms with Crippen molar-refractivity contribution >= 4 is 87.6 Å². The summed E-state index contributed by atoms with van der Waals surface area (Å²) in [4.78, 5) is 97.3. The first-order valence-corrected chi connectivity index (χ1v) is 24.5. The Kier molecular flexibility index (Phi) is 20.0. The zero-order valence-electron chi connectivity index (χ0n) is 37.3. The van der Waals surface area contributed by atoms with Gasteiger partial charge in [-0.25, -0.2) is 13.4 Å². The Balaban J connectivity index is 1.43. The number of aliphatic imine (C=N–C) groups is 1. The summed E-state index contributed by atoms with van der Waals surface area (Å²) in [5.74, 6) is -5.09. The lowest BCUT2D eigenvalue weighted by Crippen LogP contribution is -2.60. The van der Waals surface area contributed by atoms with Crippen LogP contribution in [-0.4, -0.2) is 119 Å². The van der Waals surface area contributed by atoms with E-state index in [-0.39, 0.29) is 67.4 Å². The number of carbonyl (C=O) groups excluding carboxylic acids is 6. The second-order valence-corrected chi connectivity index (χ2v) is 18.4. The van der Waals surface area contributed by atoms with Crippen LogP contribution in [0.15, 0.2) is 114 Å². The van der Waals surface area contributed by atoms with E-state index in [1.54, 1.807) is 42.6 Å². The number of H-pyrrole nitrogens is 2. The fourth-order valence-electron chi connectivity index (χ4n) is 7.18. The molecular formula is C45H57N13O8S3. The van der Waals surface area contributed by atoms with E-state index in [0.29, 0.717) is 16.8 Å². The Morgan fingerprint density at radius 2 is 1.19 bits per heavy atom. The van der Waals surface area contributed by atoms with Gasteiger partial charge in [-0.05, 0) is 54.3 Å². The molecule has 0 saturated carbocycles. The zero-order chi connectivity index (χ0) is 49.9. The van der Waals surface area contributed by atoms with Crippen molar-refractivity contribution in [1.82, 2.24) is 46.3 Å². The van der Waals surface area contributed by atoms with Crippen molar-refractivity contribution in [3.8, 4) is 0 Å². The molecule has 14 N–H and O–H groups in total. The quantitative estimate of drug-likeness (QED) is 0.0137. The average molecular weight is 1000 g/mol. The van der Waals surface area contributed by atoms with Crippen LogP contribution >= 0.6 is 25.3 Å². The summed E-state index contributed by atoms with van der Waals surface area (Å²) in [6.45, 7) is 0.0678. The summed E-state index contributed by atoms with van der Waals surface area (Å²) in [7, 11) is -4.19. The van der Waals surface area contributed by atoms with Crippen LogP contribution in [0.5, 0.6) is 0 Å². The Hall–Kier alpha value is -6.89. The number of imidazole rings is 1. The summed E-state index contributed by atoms with van der Waals surface area (Å²) in [5, 5.41) is 14.2. The minimum Gasteiger partial charge on any atom is -0.370 e. The number of nitrogens with one attached hydrogen (secondary N) is 8. The largest absolute Gasteiger partial charge is 0.370 e. The predicted octanol–water partition coefficient (Wildman–Crippen LogP) is -0.521. The molecule has 0 aliphatic heterocycles. The zero-order valence-corrected chi connectivity index (χ0v) is 39.9. The lowest BCUT2D eigenvalue weighted by atomic mass is 10.0. The van der Waals surface area contributed by atoms with Crippen LogP contribution < -0.4 is 48.5 Å². The summed E-state index contributed by atoms with van der Waals surface area (Å²) in [6.07, 6.45) is 4.29. The second-order valence-electron chi connectivity index (χ2n) is 15.9. The van der Waals surface area contributed by atoms with Gasteiger partial charge in [0.05, 0.1) is 11.2 Å². The number of aromatic nitrogens is 3. The summed E-state index contributed by atoms with van der Waals surface area (Å²) in [6, 6.07) is 15.5. The lowest BCUT2D eigenvalue weighted by molar-refractivity contribution is -0.135. The molecule has 0 saturated heterocycles. The molecule has 2 heterocycles. The fraction of sp³-hybridized carbons (Fsp3) is 0.333. The average Bonchev–Trinajstić information content (AvgIpc) is 4.01. The first-order chi connectivity index (χ1) is 33.1. The standard InChI is InChI=1S/C45H57N13O8S3/c46-39(59)38(25-68)57-43(63)36(21-28-23-51-32-15-8-7-14-31(28)32)55-40(60)33(16-9-18-50-45(47)48)53-42(62)35(20-27-10-3-1-4-11-27)54-44(64)37(22-29-24-49-26-52-29)56-41(61)34(17-19-67)58-69(65,66)30-12-5-2-6-13-30/h1-8,10-15,23-24,26,33-38,51,58,67-68H,9,16-22,25H2,(H2,46,59)(H,49,52)(H,53,62)(H,54,64)(H,55,60)(H,56,61)(H,57,63)(H4,47,48,50)/t33-,34-,35+,36-,37-,38-/m0/s1. The Morgan fingerprint density at radius 1 is 0.638 bits per heavy atom. The second kappa shape index (κ2) is 26.0. The molecule has 24 heteroatoms. The normalized spacial score (nSPS) is 13.9. The number of aromatic amines is 2. The number of fused-ring (bicyclic) bond motifs is 1. The fourth-order valence-corrected chi connectivity index (χ4v) is 8.96. The van der Waals surface area contributed by atoms with E-state index >= 15 is 0 Å². The van der Waals surface area contributed by atoms with E-state index < -0.39 is 81.7 Å². The van der Waals surface area contributed by atoms with Gasteiger partial charge in [-0.2, -0.15) is 30.0 Å². The number of amides is 6. The molecule has 2 aromatic heterocycles. The number of nitrogens with two attached hydrogens (primary N) is 3. The molecule has 0 aliphatic rings. The molecule has 3 aromatic carbocycles. The van der Waals surface area contributed by atoms with Crippen LogP contribution in [0.25, 0.3) is 10.9 Å². The maximum atomic E-state index is 14.6. The van der Waals surface area contributed by atoms with Crippen LogP contribution in [-0.2, 0) is 58.1 Å². The monoisotopic (exact) mass is 1000 g/mol. The smallest absolute Gasteiger partial charge is 0.243 e. The maximum Gasteiger partial charge on any atom is 0.243 e. The van der Waals surface area contributed by atoms with E-state index in [1.807, 2.05) is 24.3 Å². The molecule has 69 heavy (non-hydrogen) atoms. The van der Waals surface area contributed by atoms with Crippen molar-refractivity contribution in [3.63, 3.8) is 0 Å². The van der Waals surface area contributed by atoms with Gasteiger partial charge in [0.15, 0.2) is 5.96 Å². The number of para-hydroxylation sites is 1. The SMILES string of the molecule is NC(=O)[C@H](CS)NC(=O)[C@H](Cc1c[nH]c2ccccc12)NC(=O)[C@H](CCCN=C(N)N)NC(=O)[C@@H](Cc1ccccc1)NC(=O)[C@H](Cc1cnc[nH]1)NC(=O)[C@H](CCS)NS(=O)(=O)c1ccccc1. The number of guanidine groups is 1. The molecule has 0 spiro atoms. The van der Waals surface area contributed by atoms with E-state index in [4.69, 9.17) is 17.2 Å². The first kappa shape index (κ1) is 53.1. The Bertz CT molecular complexity index is 2650. The van der Waals surface area contributed by atoms with Crippen molar-refractivity contribution in [3.05, 3.63) is 120 Å². The van der Waals surface area contributed by atoms with E-state index in [9.17, 15) is 37.2 Å². The molecule has 5 aromatic rings. The summed E-state index contributed by atoms with van der Waals surface area (Å²) in [5.41, 5.74) is 19.1. The van der Waals surface area contributed by atoms with Crippen molar-refractivity contribution < 1.29 is 37.2 Å². The van der Waals surface area contributed by atoms with Gasteiger partial charge < -0.3 is 53.8 Å². The molecule has 0 aliphatic carbocycles. The Morgan fingerprint density at radius 3 is 1.78 bits per heavy atom. The lowest BCUT2D eigenvalue weighted by Gasteiger charge is -2.27. The molecule has 0 unspecified atom stereocenters. The Labute approximate surface area is 409 Å². The molecule has 5 rings (SSSR count). The van der Waals surface area contributed by atoms with Crippen LogP contribution in [0.1, 0.15) is 36.1 Å². The van der Waals surface area contributed by atoms with Gasteiger partial charge in [0.2, 0.25) is 45.5 Å². The number of primary amides is 1. The molecule has 6 atom stereocenters. The molecule has 0 bridgehead atoms. The number of hydrogen-bond donors (Lipinski definition) is 13. The highest BCUT2D eigenvalue weighted by Crippen LogP contribution is 2.20. The van der Waals surface area contributed by atoms with Gasteiger partial charge in [0.25, 0.3) is 0 Å². The number of nitrogens with zero attached hydrogens (tertiary/aromatic N) is 2. The van der Waals surface area contributed by atoms with Crippen LogP contribution in [0.3, 0.4) is 0 Å². The van der Waals surface area contributed by atoms with E-state index in [0.717, 1.165) is 10.9 Å². The third kappa shape index (κ3) is 16.1. The van der Waals surface area contributed by atoms with Crippen LogP contribution in [0, 0.1) is 0 Å². The highest BCUT2D eigenvalue weighted by Gasteiger charge is 2.34. The van der Waals surface area contributed by atoms with Gasteiger partial charge in [-0.1, -0.05) is 66.7 Å². The third-order valence-corrected chi connectivity index (χ3v) is 12.9. The highest BCUT2D eigenvalue weighted by atomic mass is 32.2. The maximum absolute atomic E-state index is 14.6. The number of benzene rings is 3.